The highest BCUT2D eigenvalue weighted by Gasteiger charge is 2.30. The Morgan fingerprint density at radius 2 is 1.95 bits per heavy atom. The number of carbonyl (C=O) groups is 1. The van der Waals surface area contributed by atoms with Gasteiger partial charge in [0, 0.05) is 0 Å². The molecule has 1 atom stereocenters. The average Bonchev–Trinajstić information content (AvgIpc) is 2.49. The van der Waals surface area contributed by atoms with Gasteiger partial charge in [-0.15, -0.1) is 0 Å². The van der Waals surface area contributed by atoms with Crippen LogP contribution in [-0.2, 0) is 16.8 Å². The smallest absolute Gasteiger partial charge is 0.253 e. The third kappa shape index (κ3) is 3.46. The first-order valence-electron chi connectivity index (χ1n) is 7.33. The normalized spacial score (nSPS) is 13.4. The number of nitrogens with two attached hydrogens (primary N) is 1. The number of rotatable bonds is 6. The van der Waals surface area contributed by atoms with Gasteiger partial charge in [-0.2, -0.15) is 0 Å². The lowest BCUT2D eigenvalue weighted by Gasteiger charge is -2.20. The van der Waals surface area contributed by atoms with Crippen molar-refractivity contribution in [3.63, 3.8) is 0 Å². The van der Waals surface area contributed by atoms with E-state index in [0.717, 1.165) is 24.2 Å². The predicted octanol–water partition coefficient (Wildman–Crippen LogP) is 3.12. The van der Waals surface area contributed by atoms with E-state index in [9.17, 15) is 9.90 Å². The molecule has 2 aromatic carbocycles. The van der Waals surface area contributed by atoms with Gasteiger partial charge in [0.25, 0.3) is 5.91 Å². The molecule has 0 aliphatic carbocycles. The molecular weight excluding hydrogens is 278 g/mol. The van der Waals surface area contributed by atoms with Crippen molar-refractivity contribution in [2.45, 2.75) is 32.3 Å². The third-order valence-electron chi connectivity index (χ3n) is 3.60. The van der Waals surface area contributed by atoms with Crippen molar-refractivity contribution in [1.82, 2.24) is 0 Å². The van der Waals surface area contributed by atoms with Crippen LogP contribution in [-0.4, -0.2) is 11.0 Å². The number of hydrogen-bond donors (Lipinski definition) is 2. The van der Waals surface area contributed by atoms with Crippen molar-refractivity contribution in [2.75, 3.05) is 0 Å². The Morgan fingerprint density at radius 1 is 1.23 bits per heavy atom. The maximum absolute atomic E-state index is 11.4. The molecule has 2 rings (SSSR count). The van der Waals surface area contributed by atoms with Gasteiger partial charge in [-0.05, 0) is 42.7 Å². The van der Waals surface area contributed by atoms with Gasteiger partial charge < -0.3 is 15.6 Å². The van der Waals surface area contributed by atoms with Gasteiger partial charge >= 0.3 is 0 Å². The molecule has 0 heterocycles. The number of carbonyl (C=O) groups excluding carboxylic acids is 1. The molecule has 0 saturated carbocycles. The fraction of sp³-hybridized carbons (Fsp3) is 0.278. The molecule has 0 bridgehead atoms. The molecule has 3 N–H and O–H groups in total. The van der Waals surface area contributed by atoms with E-state index in [1.165, 1.54) is 6.92 Å². The summed E-state index contributed by atoms with van der Waals surface area (Å²) in [5.74, 6) is 0.541. The minimum atomic E-state index is -1.72. The molecule has 0 aromatic heterocycles. The molecule has 0 saturated heterocycles. The minimum absolute atomic E-state index is 0.408. The van der Waals surface area contributed by atoms with Crippen LogP contribution in [0.3, 0.4) is 0 Å². The number of aryl methyl sites for hydroxylation is 1. The van der Waals surface area contributed by atoms with Gasteiger partial charge in [0.2, 0.25) is 0 Å². The molecule has 0 fully saturated rings. The summed E-state index contributed by atoms with van der Waals surface area (Å²) in [7, 11) is 0. The SMILES string of the molecule is CCCc1ccccc1Oc1cccc([C@@](C)(O)C(N)=O)c1. The standard InChI is InChI=1S/C18H21NO3/c1-3-7-13-8-4-5-11-16(13)22-15-10-6-9-14(12-15)18(2,21)17(19)20/h4-6,8-12,21H,3,7H2,1-2H3,(H2,19,20)/t18-/m1/s1. The van der Waals surface area contributed by atoms with E-state index >= 15 is 0 Å². The van der Waals surface area contributed by atoms with Gasteiger partial charge in [0.1, 0.15) is 11.5 Å². The molecule has 0 aliphatic rings. The first-order chi connectivity index (χ1) is 10.4. The lowest BCUT2D eigenvalue weighted by Crippen LogP contribution is -2.38. The van der Waals surface area contributed by atoms with Crippen LogP contribution in [0.2, 0.25) is 0 Å². The largest absolute Gasteiger partial charge is 0.457 e. The summed E-state index contributed by atoms with van der Waals surface area (Å²) in [5, 5.41) is 10.2. The van der Waals surface area contributed by atoms with Crippen molar-refractivity contribution in [3.05, 3.63) is 59.7 Å². The zero-order valence-electron chi connectivity index (χ0n) is 12.9. The molecule has 2 aromatic rings. The summed E-state index contributed by atoms with van der Waals surface area (Å²) in [6.45, 7) is 3.49. The molecule has 0 unspecified atom stereocenters. The Balaban J connectivity index is 2.30. The maximum Gasteiger partial charge on any atom is 0.253 e. The first kappa shape index (κ1) is 16.0. The van der Waals surface area contributed by atoms with Gasteiger partial charge in [-0.25, -0.2) is 0 Å². The van der Waals surface area contributed by atoms with Crippen LogP contribution in [0.4, 0.5) is 0 Å². The quantitative estimate of drug-likeness (QED) is 0.860. The van der Waals surface area contributed by atoms with Crippen LogP contribution < -0.4 is 10.5 Å². The van der Waals surface area contributed by atoms with E-state index in [0.29, 0.717) is 11.3 Å². The second-order valence-electron chi connectivity index (χ2n) is 5.42. The Hall–Kier alpha value is -2.33. The highest BCUT2D eigenvalue weighted by atomic mass is 16.5. The highest BCUT2D eigenvalue weighted by Crippen LogP contribution is 2.29. The fourth-order valence-electron chi connectivity index (χ4n) is 2.21. The Kier molecular flexibility index (Phi) is 4.83. The molecule has 0 spiro atoms. The summed E-state index contributed by atoms with van der Waals surface area (Å²) < 4.78 is 5.91. The van der Waals surface area contributed by atoms with Gasteiger partial charge in [-0.1, -0.05) is 43.7 Å². The van der Waals surface area contributed by atoms with E-state index in [4.69, 9.17) is 10.5 Å². The summed E-state index contributed by atoms with van der Waals surface area (Å²) >= 11 is 0. The molecule has 22 heavy (non-hydrogen) atoms. The van der Waals surface area contributed by atoms with Gasteiger partial charge in [-0.3, -0.25) is 4.79 Å². The van der Waals surface area contributed by atoms with E-state index in [2.05, 4.69) is 6.92 Å². The second kappa shape index (κ2) is 6.62. The monoisotopic (exact) mass is 299 g/mol. The number of primary amides is 1. The summed E-state index contributed by atoms with van der Waals surface area (Å²) in [5.41, 5.74) is 5.05. The first-order valence-corrected chi connectivity index (χ1v) is 7.33. The molecule has 1 amide bonds. The molecule has 0 radical (unpaired) electrons. The van der Waals surface area contributed by atoms with E-state index in [1.54, 1.807) is 24.3 Å². The number of aliphatic hydroxyl groups is 1. The van der Waals surface area contributed by atoms with Crippen molar-refractivity contribution < 1.29 is 14.6 Å². The van der Waals surface area contributed by atoms with Crippen molar-refractivity contribution in [1.29, 1.82) is 0 Å². The summed E-state index contributed by atoms with van der Waals surface area (Å²) in [6, 6.07) is 14.6. The van der Waals surface area contributed by atoms with Gasteiger partial charge in [0.15, 0.2) is 5.60 Å². The van der Waals surface area contributed by atoms with E-state index in [-0.39, 0.29) is 0 Å². The molecule has 116 valence electrons. The molecule has 4 heteroatoms. The number of hydrogen-bond acceptors (Lipinski definition) is 3. The van der Waals surface area contributed by atoms with Crippen LogP contribution in [0.15, 0.2) is 48.5 Å². The van der Waals surface area contributed by atoms with E-state index < -0.39 is 11.5 Å². The lowest BCUT2D eigenvalue weighted by atomic mass is 9.95. The van der Waals surface area contributed by atoms with Crippen molar-refractivity contribution in [2.24, 2.45) is 5.73 Å². The molecule has 4 nitrogen and oxygen atoms in total. The second-order valence-corrected chi connectivity index (χ2v) is 5.42. The average molecular weight is 299 g/mol. The number of ether oxygens (including phenoxy) is 1. The van der Waals surface area contributed by atoms with Crippen LogP contribution in [0, 0.1) is 0 Å². The minimum Gasteiger partial charge on any atom is -0.457 e. The zero-order chi connectivity index (χ0) is 16.2. The summed E-state index contributed by atoms with van der Waals surface area (Å²) in [4.78, 5) is 11.4. The highest BCUT2D eigenvalue weighted by molar-refractivity contribution is 5.84. The predicted molar refractivity (Wildman–Crippen MR) is 85.7 cm³/mol. The number of benzene rings is 2. The Bertz CT molecular complexity index is 665. The van der Waals surface area contributed by atoms with Crippen molar-refractivity contribution >= 4 is 5.91 Å². The van der Waals surface area contributed by atoms with Crippen LogP contribution in [0.1, 0.15) is 31.4 Å². The summed E-state index contributed by atoms with van der Waals surface area (Å²) in [6.07, 6.45) is 1.95. The van der Waals surface area contributed by atoms with Crippen LogP contribution in [0.25, 0.3) is 0 Å². The maximum atomic E-state index is 11.4. The lowest BCUT2D eigenvalue weighted by molar-refractivity contribution is -0.135. The number of amides is 1. The van der Waals surface area contributed by atoms with Crippen LogP contribution >= 0.6 is 0 Å². The Morgan fingerprint density at radius 3 is 2.64 bits per heavy atom. The van der Waals surface area contributed by atoms with Crippen molar-refractivity contribution in [3.8, 4) is 11.5 Å². The zero-order valence-corrected chi connectivity index (χ0v) is 12.9. The fourth-order valence-corrected chi connectivity index (χ4v) is 2.21. The van der Waals surface area contributed by atoms with Crippen LogP contribution in [0.5, 0.6) is 11.5 Å². The molecule has 0 aliphatic heterocycles. The third-order valence-corrected chi connectivity index (χ3v) is 3.60. The van der Waals surface area contributed by atoms with E-state index in [1.807, 2.05) is 24.3 Å². The topological polar surface area (TPSA) is 72.6 Å². The Labute approximate surface area is 130 Å². The molecular formula is C18H21NO3. The number of para-hydroxylation sites is 1. The van der Waals surface area contributed by atoms with Gasteiger partial charge in [0.05, 0.1) is 0 Å².